The first-order valence-corrected chi connectivity index (χ1v) is 8.20. The van der Waals surface area contributed by atoms with Gasteiger partial charge >= 0.3 is 0 Å². The summed E-state index contributed by atoms with van der Waals surface area (Å²) in [6.07, 6.45) is 2.21. The Kier molecular flexibility index (Phi) is 5.64. The quantitative estimate of drug-likeness (QED) is 0.696. The van der Waals surface area contributed by atoms with Crippen LogP contribution < -0.4 is 0 Å². The third-order valence-corrected chi connectivity index (χ3v) is 3.66. The fourth-order valence-corrected chi connectivity index (χ4v) is 2.42. The average molecular weight is 305 g/mol. The van der Waals surface area contributed by atoms with Crippen molar-refractivity contribution in [2.75, 3.05) is 13.6 Å². The Morgan fingerprint density at radius 1 is 1.09 bits per heavy atom. The Bertz CT molecular complexity index is 745. The highest BCUT2D eigenvalue weighted by Gasteiger charge is 2.04. The van der Waals surface area contributed by atoms with Gasteiger partial charge in [-0.15, -0.1) is 0 Å². The minimum atomic E-state index is 0.0595. The summed E-state index contributed by atoms with van der Waals surface area (Å²) in [7, 11) is 2.16. The van der Waals surface area contributed by atoms with Crippen molar-refractivity contribution >= 4 is 10.8 Å². The van der Waals surface area contributed by atoms with E-state index in [1.165, 1.54) is 16.3 Å². The Balaban J connectivity index is 2.04. The van der Waals surface area contributed by atoms with Crippen molar-refractivity contribution in [2.45, 2.75) is 34.2 Å². The van der Waals surface area contributed by atoms with Crippen LogP contribution in [0.25, 0.3) is 10.8 Å². The molecule has 1 heteroatoms. The topological polar surface area (TPSA) is 3.24 Å². The second-order valence-corrected chi connectivity index (χ2v) is 7.22. The molecule has 23 heavy (non-hydrogen) atoms. The SMILES string of the molecule is CC(C#CC(C)(C)C)=CCN(C)Cc1cccc2ccccc12. The molecule has 0 heterocycles. The first kappa shape index (κ1) is 17.3. The van der Waals surface area contributed by atoms with Gasteiger partial charge in [-0.05, 0) is 56.7 Å². The van der Waals surface area contributed by atoms with E-state index >= 15 is 0 Å². The van der Waals surface area contributed by atoms with E-state index in [1.807, 2.05) is 0 Å². The van der Waals surface area contributed by atoms with E-state index in [0.717, 1.165) is 18.7 Å². The lowest BCUT2D eigenvalue weighted by molar-refractivity contribution is 0.364. The zero-order valence-electron chi connectivity index (χ0n) is 15.0. The lowest BCUT2D eigenvalue weighted by atomic mass is 9.97. The third-order valence-electron chi connectivity index (χ3n) is 3.66. The highest BCUT2D eigenvalue weighted by atomic mass is 15.1. The van der Waals surface area contributed by atoms with E-state index in [9.17, 15) is 0 Å². The number of hydrogen-bond donors (Lipinski definition) is 0. The zero-order chi connectivity index (χ0) is 16.9. The fraction of sp³-hybridized carbons (Fsp3) is 0.364. The molecule has 2 aromatic carbocycles. The van der Waals surface area contributed by atoms with Crippen LogP contribution in [0, 0.1) is 17.3 Å². The molecule has 0 radical (unpaired) electrons. The first-order chi connectivity index (χ1) is 10.8. The number of fused-ring (bicyclic) bond motifs is 1. The molecule has 0 saturated heterocycles. The molecule has 0 aliphatic heterocycles. The minimum absolute atomic E-state index is 0.0595. The molecule has 0 unspecified atom stereocenters. The van der Waals surface area contributed by atoms with E-state index in [1.54, 1.807) is 0 Å². The highest BCUT2D eigenvalue weighted by molar-refractivity contribution is 5.85. The van der Waals surface area contributed by atoms with E-state index in [0.29, 0.717) is 0 Å². The van der Waals surface area contributed by atoms with Gasteiger partial charge in [-0.1, -0.05) is 60.4 Å². The van der Waals surface area contributed by atoms with Gasteiger partial charge in [0.15, 0.2) is 0 Å². The minimum Gasteiger partial charge on any atom is -0.298 e. The molecule has 120 valence electrons. The maximum absolute atomic E-state index is 3.28. The van der Waals surface area contributed by atoms with Gasteiger partial charge in [-0.25, -0.2) is 0 Å². The Morgan fingerprint density at radius 2 is 1.78 bits per heavy atom. The lowest BCUT2D eigenvalue weighted by Crippen LogP contribution is -2.18. The maximum atomic E-state index is 3.28. The van der Waals surface area contributed by atoms with Crippen molar-refractivity contribution in [1.82, 2.24) is 4.90 Å². The van der Waals surface area contributed by atoms with Crippen LogP contribution in [0.1, 0.15) is 33.3 Å². The number of hydrogen-bond acceptors (Lipinski definition) is 1. The van der Waals surface area contributed by atoms with Crippen LogP contribution in [0.2, 0.25) is 0 Å². The van der Waals surface area contributed by atoms with Crippen molar-refractivity contribution < 1.29 is 0 Å². The predicted molar refractivity (Wildman–Crippen MR) is 101 cm³/mol. The van der Waals surface area contributed by atoms with Crippen molar-refractivity contribution in [2.24, 2.45) is 5.41 Å². The van der Waals surface area contributed by atoms with Gasteiger partial charge in [0.1, 0.15) is 0 Å². The number of benzene rings is 2. The van der Waals surface area contributed by atoms with Crippen LogP contribution >= 0.6 is 0 Å². The lowest BCUT2D eigenvalue weighted by Gasteiger charge is -2.16. The second kappa shape index (κ2) is 7.49. The molecule has 0 amide bonds. The molecule has 0 saturated carbocycles. The zero-order valence-corrected chi connectivity index (χ0v) is 15.0. The number of allylic oxidation sites excluding steroid dienone is 1. The van der Waals surface area contributed by atoms with Crippen molar-refractivity contribution in [3.63, 3.8) is 0 Å². The molecule has 0 fully saturated rings. The predicted octanol–water partition coefficient (Wildman–Crippen LogP) is 5.27. The van der Waals surface area contributed by atoms with E-state index in [-0.39, 0.29) is 5.41 Å². The molecule has 2 rings (SSSR count). The summed E-state index contributed by atoms with van der Waals surface area (Å²) < 4.78 is 0. The van der Waals surface area contributed by atoms with Gasteiger partial charge in [0, 0.05) is 18.5 Å². The summed E-state index contributed by atoms with van der Waals surface area (Å²) in [6, 6.07) is 15.1. The summed E-state index contributed by atoms with van der Waals surface area (Å²) in [5, 5.41) is 2.65. The second-order valence-electron chi connectivity index (χ2n) is 7.22. The standard InChI is InChI=1S/C22H27N/c1-18(13-15-22(2,3)4)14-16-23(5)17-20-11-8-10-19-9-6-7-12-21(19)20/h6-12,14H,16-17H2,1-5H3. The highest BCUT2D eigenvalue weighted by Crippen LogP contribution is 2.19. The molecule has 2 aromatic rings. The monoisotopic (exact) mass is 305 g/mol. The number of rotatable bonds is 4. The van der Waals surface area contributed by atoms with E-state index in [2.05, 4.69) is 100 Å². The fourth-order valence-electron chi connectivity index (χ4n) is 2.42. The summed E-state index contributed by atoms with van der Waals surface area (Å²) in [4.78, 5) is 2.32. The summed E-state index contributed by atoms with van der Waals surface area (Å²) in [5.74, 6) is 6.54. The van der Waals surface area contributed by atoms with E-state index < -0.39 is 0 Å². The molecule has 0 bridgehead atoms. The van der Waals surface area contributed by atoms with Gasteiger partial charge in [-0.2, -0.15) is 0 Å². The maximum Gasteiger partial charge on any atom is 0.0240 e. The van der Waals surface area contributed by atoms with Crippen LogP contribution in [-0.2, 0) is 6.54 Å². The van der Waals surface area contributed by atoms with Crippen LogP contribution in [0.15, 0.2) is 54.1 Å². The van der Waals surface area contributed by atoms with E-state index in [4.69, 9.17) is 0 Å². The summed E-state index contributed by atoms with van der Waals surface area (Å²) >= 11 is 0. The molecular weight excluding hydrogens is 278 g/mol. The number of likely N-dealkylation sites (N-methyl/N-ethyl adjacent to an activating group) is 1. The van der Waals surface area contributed by atoms with Crippen LogP contribution in [0.4, 0.5) is 0 Å². The molecule has 0 spiro atoms. The largest absolute Gasteiger partial charge is 0.298 e. The smallest absolute Gasteiger partial charge is 0.0240 e. The molecule has 1 nitrogen and oxygen atoms in total. The van der Waals surface area contributed by atoms with Gasteiger partial charge in [0.25, 0.3) is 0 Å². The molecule has 0 aliphatic rings. The molecular formula is C22H27N. The van der Waals surface area contributed by atoms with Crippen molar-refractivity contribution in [3.05, 3.63) is 59.7 Å². The third kappa shape index (κ3) is 5.58. The Hall–Kier alpha value is -2.04. The normalized spacial score (nSPS) is 12.3. The first-order valence-electron chi connectivity index (χ1n) is 8.20. The number of nitrogens with zero attached hydrogens (tertiary/aromatic N) is 1. The molecule has 0 atom stereocenters. The van der Waals surface area contributed by atoms with Crippen LogP contribution in [0.5, 0.6) is 0 Å². The van der Waals surface area contributed by atoms with Crippen LogP contribution in [-0.4, -0.2) is 18.5 Å². The summed E-state index contributed by atoms with van der Waals surface area (Å²) in [5.41, 5.74) is 2.58. The van der Waals surface area contributed by atoms with Gasteiger partial charge in [-0.3, -0.25) is 4.90 Å². The Labute approximate surface area is 141 Å². The van der Waals surface area contributed by atoms with Crippen LogP contribution in [0.3, 0.4) is 0 Å². The van der Waals surface area contributed by atoms with Crippen molar-refractivity contribution in [1.29, 1.82) is 0 Å². The van der Waals surface area contributed by atoms with Crippen molar-refractivity contribution in [3.8, 4) is 11.8 Å². The van der Waals surface area contributed by atoms with Gasteiger partial charge < -0.3 is 0 Å². The molecule has 0 aromatic heterocycles. The average Bonchev–Trinajstić information content (AvgIpc) is 2.50. The molecule has 0 aliphatic carbocycles. The van der Waals surface area contributed by atoms with Gasteiger partial charge in [0.2, 0.25) is 0 Å². The van der Waals surface area contributed by atoms with Gasteiger partial charge in [0.05, 0.1) is 0 Å². The Morgan fingerprint density at radius 3 is 2.52 bits per heavy atom. The molecule has 0 N–H and O–H groups in total. The summed E-state index contributed by atoms with van der Waals surface area (Å²) in [6.45, 7) is 10.4.